The third-order valence-electron chi connectivity index (χ3n) is 1.13. The highest BCUT2D eigenvalue weighted by atomic mass is 16.2. The summed E-state index contributed by atoms with van der Waals surface area (Å²) in [5.41, 5.74) is 5.05. The second kappa shape index (κ2) is 6.26. The van der Waals surface area contributed by atoms with Crippen molar-refractivity contribution in [1.82, 2.24) is 0 Å². The zero-order valence-electron chi connectivity index (χ0n) is 6.21. The minimum absolute atomic E-state index is 0.750. The molecule has 0 aliphatic heterocycles. The first-order chi connectivity index (χ1) is 4.93. The lowest BCUT2D eigenvalue weighted by molar-refractivity contribution is -0.386. The highest BCUT2D eigenvalue weighted by Gasteiger charge is 1.82. The van der Waals surface area contributed by atoms with Gasteiger partial charge < -0.3 is 10.8 Å². The monoisotopic (exact) mass is 139 g/mol. The highest BCUT2D eigenvalue weighted by Crippen LogP contribution is 1.93. The van der Waals surface area contributed by atoms with Crippen LogP contribution < -0.4 is 10.8 Å². The van der Waals surface area contributed by atoms with Gasteiger partial charge in [-0.05, 0) is 0 Å². The van der Waals surface area contributed by atoms with Crippen LogP contribution in [0.1, 0.15) is 5.56 Å². The standard InChI is InChI=1S/C7H9N.CH3O/c8-6-7-4-2-1-3-5-7;1-2/h1-5H,6,8H2;1H3/q;-1/p+1. The van der Waals surface area contributed by atoms with Crippen molar-refractivity contribution in [3.63, 3.8) is 0 Å². The maximum absolute atomic E-state index is 8.25. The first kappa shape index (κ1) is 9.14. The summed E-state index contributed by atoms with van der Waals surface area (Å²) >= 11 is 0. The van der Waals surface area contributed by atoms with Crippen LogP contribution in [0.5, 0.6) is 0 Å². The molecule has 2 heteroatoms. The van der Waals surface area contributed by atoms with Crippen LogP contribution in [0, 0.1) is 0 Å². The highest BCUT2D eigenvalue weighted by molar-refractivity contribution is 5.12. The molecule has 3 N–H and O–H groups in total. The molecule has 0 saturated carbocycles. The summed E-state index contributed by atoms with van der Waals surface area (Å²) in [4.78, 5) is 0. The Bertz CT molecular complexity index is 151. The fourth-order valence-electron chi connectivity index (χ4n) is 0.645. The van der Waals surface area contributed by atoms with E-state index in [0.29, 0.717) is 0 Å². The lowest BCUT2D eigenvalue weighted by Gasteiger charge is -1.87. The lowest BCUT2D eigenvalue weighted by atomic mass is 10.2. The van der Waals surface area contributed by atoms with E-state index in [0.717, 1.165) is 13.7 Å². The third-order valence-corrected chi connectivity index (χ3v) is 1.13. The summed E-state index contributed by atoms with van der Waals surface area (Å²) in [6.45, 7) is 0.890. The van der Waals surface area contributed by atoms with Gasteiger partial charge in [-0.2, -0.15) is 7.11 Å². The van der Waals surface area contributed by atoms with Crippen molar-refractivity contribution >= 4 is 0 Å². The molecule has 1 aromatic carbocycles. The Morgan fingerprint density at radius 1 is 1.20 bits per heavy atom. The van der Waals surface area contributed by atoms with Gasteiger partial charge in [0.05, 0.1) is 6.54 Å². The molecule has 0 amide bonds. The van der Waals surface area contributed by atoms with E-state index >= 15 is 0 Å². The number of hydrogen-bond donors (Lipinski definition) is 1. The molecular weight excluding hydrogens is 126 g/mol. The Balaban J connectivity index is 0.000000371. The molecule has 2 nitrogen and oxygen atoms in total. The Morgan fingerprint density at radius 2 is 1.70 bits per heavy atom. The van der Waals surface area contributed by atoms with E-state index in [1.54, 1.807) is 0 Å². The fourth-order valence-corrected chi connectivity index (χ4v) is 0.645. The van der Waals surface area contributed by atoms with Crippen LogP contribution >= 0.6 is 0 Å². The van der Waals surface area contributed by atoms with Crippen molar-refractivity contribution in [2.24, 2.45) is 0 Å². The molecule has 0 heterocycles. The maximum atomic E-state index is 8.25. The molecule has 0 saturated heterocycles. The largest absolute Gasteiger partial charge is 0.857 e. The van der Waals surface area contributed by atoms with Crippen LogP contribution in [0.15, 0.2) is 30.3 Å². The second-order valence-electron chi connectivity index (χ2n) is 1.74. The normalized spacial score (nSPS) is 7.90. The van der Waals surface area contributed by atoms with Crippen LogP contribution in [-0.2, 0) is 6.54 Å². The molecule has 0 aliphatic rings. The molecular formula is C8H13NO. The molecule has 0 unspecified atom stereocenters. The Hall–Kier alpha value is -0.860. The van der Waals surface area contributed by atoms with Gasteiger partial charge in [0.2, 0.25) is 0 Å². The van der Waals surface area contributed by atoms with Gasteiger partial charge >= 0.3 is 0 Å². The van der Waals surface area contributed by atoms with Crippen LogP contribution in [0.4, 0.5) is 0 Å². The van der Waals surface area contributed by atoms with Gasteiger partial charge in [0, 0.05) is 5.56 Å². The van der Waals surface area contributed by atoms with Gasteiger partial charge in [-0.25, -0.2) is 0 Å². The summed E-state index contributed by atoms with van der Waals surface area (Å²) in [7, 11) is 0.750. The lowest BCUT2D eigenvalue weighted by Crippen LogP contribution is -2.47. The van der Waals surface area contributed by atoms with Crippen LogP contribution in [0.2, 0.25) is 0 Å². The Labute approximate surface area is 61.3 Å². The predicted molar refractivity (Wildman–Crippen MR) is 39.0 cm³/mol. The molecule has 10 heavy (non-hydrogen) atoms. The van der Waals surface area contributed by atoms with Gasteiger partial charge in [0.1, 0.15) is 0 Å². The number of benzene rings is 1. The van der Waals surface area contributed by atoms with Crippen molar-refractivity contribution in [2.45, 2.75) is 6.54 Å². The Morgan fingerprint density at radius 3 is 2.00 bits per heavy atom. The smallest absolute Gasteiger partial charge is 0.0997 e. The van der Waals surface area contributed by atoms with Gasteiger partial charge in [-0.15, -0.1) is 0 Å². The second-order valence-corrected chi connectivity index (χ2v) is 1.74. The van der Waals surface area contributed by atoms with Gasteiger partial charge in [0.25, 0.3) is 0 Å². The molecule has 0 bridgehead atoms. The average molecular weight is 139 g/mol. The predicted octanol–water partition coefficient (Wildman–Crippen LogP) is -0.595. The number of hydrogen-bond acceptors (Lipinski definition) is 1. The summed E-state index contributed by atoms with van der Waals surface area (Å²) in [5, 5.41) is 8.25. The minimum Gasteiger partial charge on any atom is -0.857 e. The fraction of sp³-hybridized carbons (Fsp3) is 0.250. The van der Waals surface area contributed by atoms with E-state index in [9.17, 15) is 0 Å². The number of quaternary nitrogens is 1. The van der Waals surface area contributed by atoms with Crippen LogP contribution in [-0.4, -0.2) is 7.11 Å². The zero-order valence-corrected chi connectivity index (χ0v) is 6.21. The van der Waals surface area contributed by atoms with Crippen molar-refractivity contribution < 1.29 is 10.8 Å². The van der Waals surface area contributed by atoms with Crippen LogP contribution in [0.3, 0.4) is 0 Å². The maximum Gasteiger partial charge on any atom is 0.0997 e. The molecule has 0 aromatic heterocycles. The first-order valence-electron chi connectivity index (χ1n) is 3.17. The van der Waals surface area contributed by atoms with E-state index < -0.39 is 0 Å². The summed E-state index contributed by atoms with van der Waals surface area (Å²) in [5.74, 6) is 0. The minimum atomic E-state index is 0.750. The summed E-state index contributed by atoms with van der Waals surface area (Å²) in [6.07, 6.45) is 0. The summed E-state index contributed by atoms with van der Waals surface area (Å²) in [6, 6.07) is 10.2. The molecule has 0 radical (unpaired) electrons. The molecule has 0 aliphatic carbocycles. The summed E-state index contributed by atoms with van der Waals surface area (Å²) < 4.78 is 0. The Kier molecular flexibility index (Phi) is 5.72. The van der Waals surface area contributed by atoms with Gasteiger partial charge in [-0.1, -0.05) is 30.3 Å². The molecule has 0 atom stereocenters. The molecule has 1 aromatic rings. The molecule has 0 spiro atoms. The SMILES string of the molecule is C[O-].[NH3+]Cc1ccccc1. The average Bonchev–Trinajstić information content (AvgIpc) is 2.10. The van der Waals surface area contributed by atoms with E-state index in [2.05, 4.69) is 17.9 Å². The first-order valence-corrected chi connectivity index (χ1v) is 3.17. The molecule has 56 valence electrons. The van der Waals surface area contributed by atoms with E-state index in [-0.39, 0.29) is 0 Å². The topological polar surface area (TPSA) is 50.7 Å². The van der Waals surface area contributed by atoms with E-state index in [1.807, 2.05) is 18.2 Å². The van der Waals surface area contributed by atoms with Gasteiger partial charge in [0.15, 0.2) is 0 Å². The van der Waals surface area contributed by atoms with E-state index in [4.69, 9.17) is 5.11 Å². The molecule has 1 rings (SSSR count). The molecule has 0 fully saturated rings. The number of rotatable bonds is 1. The van der Waals surface area contributed by atoms with Crippen molar-refractivity contribution in [1.29, 1.82) is 0 Å². The van der Waals surface area contributed by atoms with Crippen molar-refractivity contribution in [3.05, 3.63) is 35.9 Å². The van der Waals surface area contributed by atoms with Crippen LogP contribution in [0.25, 0.3) is 0 Å². The van der Waals surface area contributed by atoms with Gasteiger partial charge in [-0.3, -0.25) is 0 Å². The third kappa shape index (κ3) is 3.22. The zero-order chi connectivity index (χ0) is 7.82. The van der Waals surface area contributed by atoms with E-state index in [1.165, 1.54) is 5.56 Å². The quantitative estimate of drug-likeness (QED) is 0.555. The van der Waals surface area contributed by atoms with Crippen molar-refractivity contribution in [3.8, 4) is 0 Å². The van der Waals surface area contributed by atoms with Crippen molar-refractivity contribution in [2.75, 3.05) is 7.11 Å².